The third-order valence-electron chi connectivity index (χ3n) is 4.93. The number of benzene rings is 1. The third kappa shape index (κ3) is 4.51. The van der Waals surface area contributed by atoms with Crippen LogP contribution in [0, 0.1) is 6.92 Å². The van der Waals surface area contributed by atoms with E-state index in [2.05, 4.69) is 5.10 Å². The van der Waals surface area contributed by atoms with Crippen LogP contribution >= 0.6 is 11.8 Å². The highest BCUT2D eigenvalue weighted by Gasteiger charge is 2.35. The lowest BCUT2D eigenvalue weighted by molar-refractivity contribution is 0.103. The number of ether oxygens (including phenoxy) is 1. The van der Waals surface area contributed by atoms with E-state index in [1.807, 2.05) is 6.92 Å². The zero-order valence-corrected chi connectivity index (χ0v) is 18.7. The summed E-state index contributed by atoms with van der Waals surface area (Å²) in [6, 6.07) is 3.01. The minimum Gasteiger partial charge on any atom is -0.493 e. The molecule has 0 spiro atoms. The average molecular weight is 439 g/mol. The molecular weight excluding hydrogens is 412 g/mol. The van der Waals surface area contributed by atoms with Crippen LogP contribution in [0.15, 0.2) is 21.9 Å². The molecule has 1 heterocycles. The van der Waals surface area contributed by atoms with Crippen molar-refractivity contribution in [2.75, 3.05) is 25.2 Å². The summed E-state index contributed by atoms with van der Waals surface area (Å²) in [5.74, 6) is 0.271. The summed E-state index contributed by atoms with van der Waals surface area (Å²) in [5, 5.41) is 14.8. The van der Waals surface area contributed by atoms with Crippen LogP contribution in [0.5, 0.6) is 5.88 Å². The van der Waals surface area contributed by atoms with E-state index >= 15 is 0 Å². The van der Waals surface area contributed by atoms with E-state index in [9.17, 15) is 18.3 Å². The van der Waals surface area contributed by atoms with Gasteiger partial charge in [-0.25, -0.2) is 13.1 Å². The van der Waals surface area contributed by atoms with Gasteiger partial charge in [-0.3, -0.25) is 4.79 Å². The molecule has 1 fully saturated rings. The first-order chi connectivity index (χ1) is 13.7. The summed E-state index contributed by atoms with van der Waals surface area (Å²) in [5.41, 5.74) is 1.80. The van der Waals surface area contributed by atoms with Crippen molar-refractivity contribution in [1.29, 1.82) is 0 Å². The van der Waals surface area contributed by atoms with E-state index in [1.54, 1.807) is 14.0 Å². The Balaban J connectivity index is 2.05. The Kier molecular flexibility index (Phi) is 6.40. The van der Waals surface area contributed by atoms with Gasteiger partial charge in [0.25, 0.3) is 0 Å². The second-order valence-electron chi connectivity index (χ2n) is 7.19. The summed E-state index contributed by atoms with van der Waals surface area (Å²) in [6.07, 6.45) is 3.05. The zero-order valence-electron chi connectivity index (χ0n) is 17.1. The molecule has 0 atom stereocenters. The highest BCUT2D eigenvalue weighted by Crippen LogP contribution is 2.44. The first kappa shape index (κ1) is 21.9. The average Bonchev–Trinajstić information content (AvgIpc) is 3.45. The van der Waals surface area contributed by atoms with Gasteiger partial charge in [-0.2, -0.15) is 5.10 Å². The standard InChI is InChI=1S/C20H26N2O5S2/c1-5-27-10-11-28-19-12(2)14(8-9-15(19)29(4,25)26)18(23)16-17(13-6-7-13)21-22(3)20(16)24/h8-9,13,24H,5-7,10-11H2,1-4H3. The smallest absolute Gasteiger partial charge is 0.220 e. The molecule has 29 heavy (non-hydrogen) atoms. The Morgan fingerprint density at radius 2 is 2.07 bits per heavy atom. The van der Waals surface area contributed by atoms with Crippen molar-refractivity contribution in [2.24, 2.45) is 7.05 Å². The lowest BCUT2D eigenvalue weighted by atomic mass is 9.98. The topological polar surface area (TPSA) is 98.5 Å². The van der Waals surface area contributed by atoms with Crippen molar-refractivity contribution >= 4 is 27.4 Å². The minimum atomic E-state index is -3.46. The molecule has 7 nitrogen and oxygen atoms in total. The molecule has 2 aromatic rings. The van der Waals surface area contributed by atoms with Crippen LogP contribution in [0.4, 0.5) is 0 Å². The zero-order chi connectivity index (χ0) is 21.3. The quantitative estimate of drug-likeness (QED) is 0.365. The number of aryl methyl sites for hydroxylation is 1. The number of aromatic nitrogens is 2. The Morgan fingerprint density at radius 3 is 2.66 bits per heavy atom. The van der Waals surface area contributed by atoms with Crippen LogP contribution in [0.25, 0.3) is 0 Å². The number of nitrogens with zero attached hydrogens (tertiary/aromatic N) is 2. The predicted molar refractivity (Wildman–Crippen MR) is 112 cm³/mol. The fourth-order valence-electron chi connectivity index (χ4n) is 3.26. The van der Waals surface area contributed by atoms with Crippen molar-refractivity contribution in [3.8, 4) is 5.88 Å². The maximum absolute atomic E-state index is 13.3. The molecule has 0 saturated heterocycles. The van der Waals surface area contributed by atoms with Crippen LogP contribution in [0.3, 0.4) is 0 Å². The molecule has 1 saturated carbocycles. The molecule has 0 radical (unpaired) electrons. The summed E-state index contributed by atoms with van der Waals surface area (Å²) in [4.78, 5) is 14.1. The largest absolute Gasteiger partial charge is 0.493 e. The molecule has 1 N–H and O–H groups in total. The number of aromatic hydroxyl groups is 1. The Morgan fingerprint density at radius 1 is 1.38 bits per heavy atom. The molecule has 0 bridgehead atoms. The van der Waals surface area contributed by atoms with E-state index in [-0.39, 0.29) is 28.0 Å². The molecule has 0 amide bonds. The van der Waals surface area contributed by atoms with Gasteiger partial charge in [-0.15, -0.1) is 11.8 Å². The maximum Gasteiger partial charge on any atom is 0.220 e. The SMILES string of the molecule is CCOCCSc1c(S(C)(=O)=O)ccc(C(=O)c2c(C3CC3)nn(C)c2O)c1C. The van der Waals surface area contributed by atoms with Crippen molar-refractivity contribution in [3.63, 3.8) is 0 Å². The number of hydrogen-bond donors (Lipinski definition) is 1. The summed E-state index contributed by atoms with van der Waals surface area (Å²) in [7, 11) is -1.86. The molecule has 3 rings (SSSR count). The van der Waals surface area contributed by atoms with Gasteiger partial charge in [0.1, 0.15) is 5.56 Å². The van der Waals surface area contributed by atoms with Gasteiger partial charge in [0.15, 0.2) is 9.84 Å². The van der Waals surface area contributed by atoms with Crippen LogP contribution in [-0.2, 0) is 21.6 Å². The van der Waals surface area contributed by atoms with Crippen LogP contribution in [0.1, 0.15) is 52.9 Å². The molecule has 1 aliphatic rings. The van der Waals surface area contributed by atoms with Crippen molar-refractivity contribution in [2.45, 2.75) is 42.4 Å². The summed E-state index contributed by atoms with van der Waals surface area (Å²) < 4.78 is 31.2. The normalized spacial score (nSPS) is 14.3. The van der Waals surface area contributed by atoms with Gasteiger partial charge in [-0.05, 0) is 44.4 Å². The van der Waals surface area contributed by atoms with Gasteiger partial charge >= 0.3 is 0 Å². The lowest BCUT2D eigenvalue weighted by Crippen LogP contribution is -2.10. The Bertz CT molecular complexity index is 1040. The molecule has 1 aliphatic carbocycles. The highest BCUT2D eigenvalue weighted by molar-refractivity contribution is 8.00. The Labute approximate surface area is 175 Å². The van der Waals surface area contributed by atoms with Gasteiger partial charge in [0.2, 0.25) is 11.7 Å². The number of thioether (sulfide) groups is 1. The predicted octanol–water partition coefficient (Wildman–Crippen LogP) is 3.07. The van der Waals surface area contributed by atoms with Gasteiger partial charge in [0, 0.05) is 42.0 Å². The lowest BCUT2D eigenvalue weighted by Gasteiger charge is -2.15. The monoisotopic (exact) mass is 438 g/mol. The van der Waals surface area contributed by atoms with Crippen molar-refractivity contribution < 1.29 is 23.1 Å². The molecule has 9 heteroatoms. The number of carbonyl (C=O) groups is 1. The van der Waals surface area contributed by atoms with E-state index in [1.165, 1.54) is 28.6 Å². The summed E-state index contributed by atoms with van der Waals surface area (Å²) in [6.45, 7) is 4.71. The molecular formula is C20H26N2O5S2. The fraction of sp³-hybridized carbons (Fsp3) is 0.500. The second-order valence-corrected chi connectivity index (χ2v) is 10.3. The fourth-order valence-corrected chi connectivity index (χ4v) is 5.64. The first-order valence-electron chi connectivity index (χ1n) is 9.51. The van der Waals surface area contributed by atoms with Gasteiger partial charge < -0.3 is 9.84 Å². The molecule has 0 aliphatic heterocycles. The van der Waals surface area contributed by atoms with E-state index < -0.39 is 9.84 Å². The molecule has 158 valence electrons. The van der Waals surface area contributed by atoms with E-state index in [4.69, 9.17) is 4.74 Å². The number of sulfone groups is 1. The van der Waals surface area contributed by atoms with Crippen molar-refractivity contribution in [3.05, 3.63) is 34.5 Å². The minimum absolute atomic E-state index is 0.158. The molecule has 1 aromatic heterocycles. The van der Waals surface area contributed by atoms with E-state index in [0.29, 0.717) is 40.7 Å². The van der Waals surface area contributed by atoms with E-state index in [0.717, 1.165) is 19.1 Å². The number of ketones is 1. The highest BCUT2D eigenvalue weighted by atomic mass is 32.2. The molecule has 1 aromatic carbocycles. The van der Waals surface area contributed by atoms with Gasteiger partial charge in [0.05, 0.1) is 17.2 Å². The summed E-state index contributed by atoms with van der Waals surface area (Å²) >= 11 is 1.36. The maximum atomic E-state index is 13.3. The number of carbonyl (C=O) groups excluding carboxylic acids is 1. The Hall–Kier alpha value is -1.84. The second kappa shape index (κ2) is 8.49. The van der Waals surface area contributed by atoms with Gasteiger partial charge in [-0.1, -0.05) is 0 Å². The van der Waals surface area contributed by atoms with Crippen LogP contribution in [0.2, 0.25) is 0 Å². The third-order valence-corrected chi connectivity index (χ3v) is 7.38. The number of rotatable bonds is 9. The first-order valence-corrected chi connectivity index (χ1v) is 12.4. The van der Waals surface area contributed by atoms with Crippen molar-refractivity contribution in [1.82, 2.24) is 9.78 Å². The molecule has 0 unspecified atom stereocenters. The van der Waals surface area contributed by atoms with Crippen LogP contribution in [-0.4, -0.2) is 54.3 Å². The van der Waals surface area contributed by atoms with Crippen LogP contribution < -0.4 is 0 Å². The number of hydrogen-bond acceptors (Lipinski definition) is 7.